The number of aromatic carboxylic acids is 1. The fourth-order valence-corrected chi connectivity index (χ4v) is 1.91. The Balaban J connectivity index is 3.00. The number of hydrogen-bond donors (Lipinski definition) is 4. The maximum Gasteiger partial charge on any atom is 0.336 e. The number of aliphatic hydroxyl groups is 2. The van der Waals surface area contributed by atoms with E-state index in [0.717, 1.165) is 11.3 Å². The van der Waals surface area contributed by atoms with E-state index in [2.05, 4.69) is 0 Å². The Bertz CT molecular complexity index is 384. The molecule has 1 rings (SSSR count). The Kier molecular flexibility index (Phi) is 3.40. The second kappa shape index (κ2) is 4.39. The van der Waals surface area contributed by atoms with Crippen LogP contribution in [0.2, 0.25) is 0 Å². The molecule has 0 aromatic carbocycles. The molecule has 82 valence electrons. The summed E-state index contributed by atoms with van der Waals surface area (Å²) in [6.07, 6.45) is -3.75. The molecule has 1 heterocycles. The highest BCUT2D eigenvalue weighted by molar-refractivity contribution is 7.10. The maximum atomic E-state index is 10.6. The van der Waals surface area contributed by atoms with Crippen molar-refractivity contribution in [1.82, 2.24) is 0 Å². The normalized spacial score (nSPS) is 14.5. The van der Waals surface area contributed by atoms with Crippen LogP contribution in [0.4, 0.5) is 0 Å². The third-order valence-electron chi connectivity index (χ3n) is 1.75. The highest BCUT2D eigenvalue weighted by Crippen LogP contribution is 2.27. The zero-order valence-electron chi connectivity index (χ0n) is 7.32. The number of aliphatic hydroxyl groups excluding tert-OH is 2. The Labute approximate surface area is 88.0 Å². The predicted molar refractivity (Wildman–Crippen MR) is 49.9 cm³/mol. The van der Waals surface area contributed by atoms with Crippen LogP contribution >= 0.6 is 11.3 Å². The van der Waals surface area contributed by atoms with Crippen molar-refractivity contribution in [3.8, 4) is 0 Å². The number of aliphatic carboxylic acids is 1. The molecule has 7 heteroatoms. The molecule has 1 aromatic heterocycles. The molecule has 0 radical (unpaired) electrons. The second-order valence-corrected chi connectivity index (χ2v) is 3.68. The fraction of sp³-hybridized carbons (Fsp3) is 0.250. The van der Waals surface area contributed by atoms with Crippen molar-refractivity contribution in [2.45, 2.75) is 12.2 Å². The molecule has 15 heavy (non-hydrogen) atoms. The molecule has 0 saturated carbocycles. The molecule has 0 fully saturated rings. The topological polar surface area (TPSA) is 115 Å². The van der Waals surface area contributed by atoms with Gasteiger partial charge in [-0.2, -0.15) is 0 Å². The smallest absolute Gasteiger partial charge is 0.336 e. The highest BCUT2D eigenvalue weighted by Gasteiger charge is 2.29. The van der Waals surface area contributed by atoms with Gasteiger partial charge in [-0.25, -0.2) is 9.59 Å². The van der Waals surface area contributed by atoms with E-state index >= 15 is 0 Å². The van der Waals surface area contributed by atoms with E-state index in [1.54, 1.807) is 0 Å². The van der Waals surface area contributed by atoms with Gasteiger partial charge in [0.2, 0.25) is 0 Å². The highest BCUT2D eigenvalue weighted by atomic mass is 32.1. The first-order chi connectivity index (χ1) is 6.95. The lowest BCUT2D eigenvalue weighted by molar-refractivity contribution is -0.152. The number of hydrogen-bond acceptors (Lipinski definition) is 5. The minimum absolute atomic E-state index is 0.0719. The van der Waals surface area contributed by atoms with Crippen LogP contribution < -0.4 is 0 Å². The quantitative estimate of drug-likeness (QED) is 0.577. The van der Waals surface area contributed by atoms with E-state index in [0.29, 0.717) is 0 Å². The lowest BCUT2D eigenvalue weighted by atomic mass is 10.1. The third-order valence-corrected chi connectivity index (χ3v) is 2.73. The molecule has 0 aliphatic carbocycles. The third kappa shape index (κ3) is 2.32. The van der Waals surface area contributed by atoms with Crippen LogP contribution in [0.15, 0.2) is 11.4 Å². The summed E-state index contributed by atoms with van der Waals surface area (Å²) in [5.74, 6) is -2.88. The van der Waals surface area contributed by atoms with Gasteiger partial charge in [-0.3, -0.25) is 0 Å². The maximum absolute atomic E-state index is 10.6. The molecule has 0 aliphatic rings. The Morgan fingerprint density at radius 1 is 1.27 bits per heavy atom. The van der Waals surface area contributed by atoms with Crippen molar-refractivity contribution < 1.29 is 30.0 Å². The van der Waals surface area contributed by atoms with Gasteiger partial charge in [0.25, 0.3) is 0 Å². The summed E-state index contributed by atoms with van der Waals surface area (Å²) in [6, 6.07) is 1.24. The minimum atomic E-state index is -2.03. The standard InChI is InChI=1S/C8H8O6S/c9-4(5(10)8(13)14)6-3(7(11)12)1-2-15-6/h1-2,4-5,9-10H,(H,11,12)(H,13,14). The lowest BCUT2D eigenvalue weighted by Crippen LogP contribution is -2.27. The van der Waals surface area contributed by atoms with Gasteiger partial charge in [-0.1, -0.05) is 0 Å². The van der Waals surface area contributed by atoms with Crippen LogP contribution in [-0.4, -0.2) is 38.5 Å². The molecule has 6 nitrogen and oxygen atoms in total. The summed E-state index contributed by atoms with van der Waals surface area (Å²) in [5, 5.41) is 36.9. The number of thiophene rings is 1. The molecule has 2 unspecified atom stereocenters. The van der Waals surface area contributed by atoms with Gasteiger partial charge >= 0.3 is 11.9 Å². The number of rotatable bonds is 4. The van der Waals surface area contributed by atoms with Crippen molar-refractivity contribution in [3.63, 3.8) is 0 Å². The Hall–Kier alpha value is -1.44. The van der Waals surface area contributed by atoms with E-state index in [-0.39, 0.29) is 10.4 Å². The van der Waals surface area contributed by atoms with Crippen LogP contribution in [-0.2, 0) is 4.79 Å². The molecule has 0 saturated heterocycles. The van der Waals surface area contributed by atoms with Gasteiger partial charge in [-0.05, 0) is 11.4 Å². The molecule has 0 bridgehead atoms. The summed E-state index contributed by atoms with van der Waals surface area (Å²) in [7, 11) is 0. The van der Waals surface area contributed by atoms with Crippen molar-refractivity contribution in [2.24, 2.45) is 0 Å². The van der Waals surface area contributed by atoms with Gasteiger partial charge in [0.1, 0.15) is 6.10 Å². The van der Waals surface area contributed by atoms with Crippen LogP contribution in [0.3, 0.4) is 0 Å². The molecule has 0 spiro atoms. The monoisotopic (exact) mass is 232 g/mol. The van der Waals surface area contributed by atoms with Crippen molar-refractivity contribution in [2.75, 3.05) is 0 Å². The average molecular weight is 232 g/mol. The first-order valence-electron chi connectivity index (χ1n) is 3.84. The summed E-state index contributed by atoms with van der Waals surface area (Å²) in [5.41, 5.74) is -0.201. The van der Waals surface area contributed by atoms with Crippen molar-refractivity contribution >= 4 is 23.3 Å². The SMILES string of the molecule is O=C(O)c1ccsc1C(O)C(O)C(=O)O. The van der Waals surface area contributed by atoms with Crippen LogP contribution in [0.5, 0.6) is 0 Å². The molecule has 4 N–H and O–H groups in total. The van der Waals surface area contributed by atoms with E-state index in [1.807, 2.05) is 0 Å². The minimum Gasteiger partial charge on any atom is -0.479 e. The van der Waals surface area contributed by atoms with Crippen molar-refractivity contribution in [1.29, 1.82) is 0 Å². The van der Waals surface area contributed by atoms with Crippen molar-refractivity contribution in [3.05, 3.63) is 21.9 Å². The van der Waals surface area contributed by atoms with Gasteiger partial charge in [0, 0.05) is 0 Å². The molecule has 0 amide bonds. The molecule has 2 atom stereocenters. The first-order valence-corrected chi connectivity index (χ1v) is 4.72. The Morgan fingerprint density at radius 2 is 1.87 bits per heavy atom. The number of carboxylic acids is 2. The van der Waals surface area contributed by atoms with Crippen LogP contribution in [0, 0.1) is 0 Å². The lowest BCUT2D eigenvalue weighted by Gasteiger charge is -2.12. The predicted octanol–water partition coefficient (Wildman–Crippen LogP) is -0.0748. The fourth-order valence-electron chi connectivity index (χ4n) is 1.01. The largest absolute Gasteiger partial charge is 0.479 e. The van der Waals surface area contributed by atoms with Crippen LogP contribution in [0.1, 0.15) is 21.3 Å². The van der Waals surface area contributed by atoms with E-state index in [4.69, 9.17) is 15.3 Å². The van der Waals surface area contributed by atoms with Crippen LogP contribution in [0.25, 0.3) is 0 Å². The molecular weight excluding hydrogens is 224 g/mol. The molecule has 1 aromatic rings. The number of carbonyl (C=O) groups is 2. The van der Waals surface area contributed by atoms with Gasteiger partial charge in [0.15, 0.2) is 6.10 Å². The molecule has 0 aliphatic heterocycles. The van der Waals surface area contributed by atoms with E-state index in [9.17, 15) is 14.7 Å². The molecular formula is C8H8O6S. The zero-order valence-corrected chi connectivity index (χ0v) is 8.14. The van der Waals surface area contributed by atoms with Gasteiger partial charge in [0.05, 0.1) is 10.4 Å². The Morgan fingerprint density at radius 3 is 2.33 bits per heavy atom. The van der Waals surface area contributed by atoms with E-state index in [1.165, 1.54) is 11.4 Å². The average Bonchev–Trinajstić information content (AvgIpc) is 2.63. The summed E-state index contributed by atoms with van der Waals surface area (Å²) in [6.45, 7) is 0. The summed E-state index contributed by atoms with van der Waals surface area (Å²) in [4.78, 5) is 20.9. The summed E-state index contributed by atoms with van der Waals surface area (Å²) >= 11 is 0.878. The van der Waals surface area contributed by atoms with Gasteiger partial charge in [-0.15, -0.1) is 11.3 Å². The first kappa shape index (κ1) is 11.6. The van der Waals surface area contributed by atoms with E-state index < -0.39 is 24.1 Å². The second-order valence-electron chi connectivity index (χ2n) is 2.73. The summed E-state index contributed by atoms with van der Waals surface area (Å²) < 4.78 is 0. The number of carboxylic acid groups (broad SMARTS) is 2. The zero-order chi connectivity index (χ0) is 11.6. The van der Waals surface area contributed by atoms with Gasteiger partial charge < -0.3 is 20.4 Å².